The van der Waals surface area contributed by atoms with E-state index in [2.05, 4.69) is 42.8 Å². The summed E-state index contributed by atoms with van der Waals surface area (Å²) in [4.78, 5) is 9.98. The lowest BCUT2D eigenvalue weighted by Gasteiger charge is -2.43. The summed E-state index contributed by atoms with van der Waals surface area (Å²) >= 11 is 2.03. The molecule has 3 aliphatic rings. The Morgan fingerprint density at radius 2 is 1.95 bits per heavy atom. The van der Waals surface area contributed by atoms with Crippen LogP contribution in [-0.2, 0) is 0 Å². The van der Waals surface area contributed by atoms with Crippen LogP contribution in [0.25, 0.3) is 0 Å². The number of nitrogens with zero attached hydrogens (tertiary/aromatic N) is 3. The zero-order valence-electron chi connectivity index (χ0n) is 14.6. The second-order valence-electron chi connectivity index (χ2n) is 8.03. The lowest BCUT2D eigenvalue weighted by atomic mass is 9.89. The molecule has 0 aromatic heterocycles. The lowest BCUT2D eigenvalue weighted by Crippen LogP contribution is -2.54. The van der Waals surface area contributed by atoms with Crippen LogP contribution in [-0.4, -0.2) is 71.6 Å². The first-order valence-corrected chi connectivity index (χ1v) is 9.75. The molecule has 1 N–H and O–H groups in total. The molecule has 3 aliphatic heterocycles. The van der Waals surface area contributed by atoms with Gasteiger partial charge in [0.25, 0.3) is 0 Å². The second kappa shape index (κ2) is 6.70. The Labute approximate surface area is 140 Å². The molecule has 2 saturated heterocycles. The largest absolute Gasteiger partial charge is 0.351 e. The molecule has 0 amide bonds. The number of amidine groups is 1. The number of rotatable bonds is 4. The monoisotopic (exact) mass is 324 g/mol. The van der Waals surface area contributed by atoms with Gasteiger partial charge in [-0.1, -0.05) is 25.6 Å². The molecule has 3 heterocycles. The van der Waals surface area contributed by atoms with Gasteiger partial charge in [-0.2, -0.15) is 0 Å². The van der Waals surface area contributed by atoms with Crippen molar-refractivity contribution in [3.05, 3.63) is 0 Å². The van der Waals surface area contributed by atoms with Gasteiger partial charge in [0, 0.05) is 50.1 Å². The maximum Gasteiger partial charge on any atom is 0.159 e. The minimum absolute atomic E-state index is 0.292. The Bertz CT molecular complexity index is 409. The standard InChI is InChI=1S/C17H32N4S/c1-13(2)14-11-20(12-14)16-19-10-15(22-16)9-17(3,4)21-7-5-18-6-8-21/h13-15,18H,5-12H2,1-4H3. The maximum atomic E-state index is 4.84. The highest BCUT2D eigenvalue weighted by atomic mass is 32.2. The van der Waals surface area contributed by atoms with E-state index in [1.165, 1.54) is 37.8 Å². The van der Waals surface area contributed by atoms with E-state index < -0.39 is 0 Å². The van der Waals surface area contributed by atoms with E-state index >= 15 is 0 Å². The van der Waals surface area contributed by atoms with Crippen LogP contribution in [0.4, 0.5) is 0 Å². The Morgan fingerprint density at radius 1 is 1.27 bits per heavy atom. The molecule has 2 fully saturated rings. The van der Waals surface area contributed by atoms with Crippen LogP contribution in [0.15, 0.2) is 4.99 Å². The van der Waals surface area contributed by atoms with Crippen LogP contribution in [0.5, 0.6) is 0 Å². The number of likely N-dealkylation sites (tertiary alicyclic amines) is 1. The SMILES string of the molecule is CC(C)C1CN(C2=NCC(CC(C)(C)N3CCNCC3)S2)C1. The van der Waals surface area contributed by atoms with Gasteiger partial charge in [0.1, 0.15) is 0 Å². The molecular weight excluding hydrogens is 292 g/mol. The summed E-state index contributed by atoms with van der Waals surface area (Å²) in [5.41, 5.74) is 0.292. The molecule has 3 rings (SSSR count). The molecule has 126 valence electrons. The molecule has 0 saturated carbocycles. The summed E-state index contributed by atoms with van der Waals surface area (Å²) in [5.74, 6) is 1.69. The topological polar surface area (TPSA) is 30.9 Å². The molecule has 1 unspecified atom stereocenters. The number of hydrogen-bond donors (Lipinski definition) is 1. The zero-order chi connectivity index (χ0) is 15.7. The summed E-state index contributed by atoms with van der Waals surface area (Å²) in [5, 5.41) is 5.44. The van der Waals surface area contributed by atoms with Gasteiger partial charge in [-0.15, -0.1) is 0 Å². The molecule has 0 aromatic carbocycles. The Balaban J connectivity index is 1.46. The summed E-state index contributed by atoms with van der Waals surface area (Å²) in [6.07, 6.45) is 1.24. The van der Waals surface area contributed by atoms with Gasteiger partial charge < -0.3 is 10.2 Å². The summed E-state index contributed by atoms with van der Waals surface area (Å²) in [7, 11) is 0. The molecule has 0 radical (unpaired) electrons. The Kier molecular flexibility index (Phi) is 5.05. The summed E-state index contributed by atoms with van der Waals surface area (Å²) in [6, 6.07) is 0. The molecule has 0 bridgehead atoms. The van der Waals surface area contributed by atoms with E-state index in [4.69, 9.17) is 4.99 Å². The van der Waals surface area contributed by atoms with Crippen LogP contribution in [0.3, 0.4) is 0 Å². The smallest absolute Gasteiger partial charge is 0.159 e. The van der Waals surface area contributed by atoms with Crippen LogP contribution < -0.4 is 5.32 Å². The Morgan fingerprint density at radius 3 is 2.59 bits per heavy atom. The predicted molar refractivity (Wildman–Crippen MR) is 96.7 cm³/mol. The van der Waals surface area contributed by atoms with Crippen molar-refractivity contribution in [2.75, 3.05) is 45.8 Å². The van der Waals surface area contributed by atoms with Gasteiger partial charge in [0.2, 0.25) is 0 Å². The van der Waals surface area contributed by atoms with Crippen molar-refractivity contribution in [3.63, 3.8) is 0 Å². The van der Waals surface area contributed by atoms with Crippen molar-refractivity contribution in [1.82, 2.24) is 15.1 Å². The van der Waals surface area contributed by atoms with Crippen LogP contribution >= 0.6 is 11.8 Å². The van der Waals surface area contributed by atoms with E-state index in [1.54, 1.807) is 0 Å². The molecule has 5 heteroatoms. The van der Waals surface area contributed by atoms with Gasteiger partial charge >= 0.3 is 0 Å². The average Bonchev–Trinajstić information content (AvgIpc) is 2.85. The highest BCUT2D eigenvalue weighted by Crippen LogP contribution is 2.35. The van der Waals surface area contributed by atoms with Crippen molar-refractivity contribution in [2.24, 2.45) is 16.8 Å². The van der Waals surface area contributed by atoms with E-state index in [9.17, 15) is 0 Å². The highest BCUT2D eigenvalue weighted by Gasteiger charge is 2.37. The van der Waals surface area contributed by atoms with Crippen molar-refractivity contribution in [3.8, 4) is 0 Å². The van der Waals surface area contributed by atoms with Gasteiger partial charge in [-0.05, 0) is 32.1 Å². The molecular formula is C17H32N4S. The second-order valence-corrected chi connectivity index (χ2v) is 9.29. The summed E-state index contributed by atoms with van der Waals surface area (Å²) < 4.78 is 0. The van der Waals surface area contributed by atoms with E-state index in [0.29, 0.717) is 10.8 Å². The van der Waals surface area contributed by atoms with Crippen molar-refractivity contribution in [1.29, 1.82) is 0 Å². The molecule has 0 aromatic rings. The van der Waals surface area contributed by atoms with Crippen LogP contribution in [0.2, 0.25) is 0 Å². The number of hydrogen-bond acceptors (Lipinski definition) is 5. The minimum atomic E-state index is 0.292. The average molecular weight is 325 g/mol. The zero-order valence-corrected chi connectivity index (χ0v) is 15.5. The third-order valence-corrected chi connectivity index (χ3v) is 6.77. The first-order chi connectivity index (χ1) is 10.5. The lowest BCUT2D eigenvalue weighted by molar-refractivity contribution is 0.0959. The van der Waals surface area contributed by atoms with E-state index in [1.807, 2.05) is 11.8 Å². The fourth-order valence-electron chi connectivity index (χ4n) is 3.73. The van der Waals surface area contributed by atoms with E-state index in [-0.39, 0.29) is 0 Å². The Hall–Kier alpha value is -0.260. The molecule has 22 heavy (non-hydrogen) atoms. The normalized spacial score (nSPS) is 28.1. The quantitative estimate of drug-likeness (QED) is 0.858. The number of nitrogens with one attached hydrogen (secondary N) is 1. The minimum Gasteiger partial charge on any atom is -0.351 e. The van der Waals surface area contributed by atoms with Crippen LogP contribution in [0.1, 0.15) is 34.1 Å². The fraction of sp³-hybridized carbons (Fsp3) is 0.941. The third kappa shape index (κ3) is 3.62. The molecule has 0 aliphatic carbocycles. The van der Waals surface area contributed by atoms with Crippen molar-refractivity contribution >= 4 is 16.9 Å². The van der Waals surface area contributed by atoms with Gasteiger partial charge in [-0.3, -0.25) is 9.89 Å². The molecule has 1 atom stereocenters. The number of aliphatic imine (C=N–C) groups is 1. The number of piperazine rings is 1. The first kappa shape index (κ1) is 16.6. The van der Waals surface area contributed by atoms with Gasteiger partial charge in [-0.25, -0.2) is 0 Å². The fourth-order valence-corrected chi connectivity index (χ4v) is 5.12. The van der Waals surface area contributed by atoms with Crippen molar-refractivity contribution in [2.45, 2.75) is 44.9 Å². The van der Waals surface area contributed by atoms with E-state index in [0.717, 1.165) is 31.5 Å². The third-order valence-electron chi connectivity index (χ3n) is 5.53. The summed E-state index contributed by atoms with van der Waals surface area (Å²) in [6.45, 7) is 17.6. The highest BCUT2D eigenvalue weighted by molar-refractivity contribution is 8.14. The molecule has 4 nitrogen and oxygen atoms in total. The van der Waals surface area contributed by atoms with Crippen LogP contribution in [0, 0.1) is 11.8 Å². The first-order valence-electron chi connectivity index (χ1n) is 8.87. The van der Waals surface area contributed by atoms with Gasteiger partial charge in [0.05, 0.1) is 6.54 Å². The predicted octanol–water partition coefficient (Wildman–Crippen LogP) is 2.12. The van der Waals surface area contributed by atoms with Gasteiger partial charge in [0.15, 0.2) is 5.17 Å². The number of thioether (sulfide) groups is 1. The molecule has 0 spiro atoms. The maximum absolute atomic E-state index is 4.84. The van der Waals surface area contributed by atoms with Crippen molar-refractivity contribution < 1.29 is 0 Å².